The standard InChI is InChI=1S/C9H10O5S2/c1-2-12-9(10)8-7(13-16(11)14-8)6-4-3-5-15-6/h3-5,7-8H,2H2,1H3/t7-,8+,16?/m1/s1. The summed E-state index contributed by atoms with van der Waals surface area (Å²) in [5.74, 6) is -0.549. The van der Waals surface area contributed by atoms with Gasteiger partial charge in [0, 0.05) is 4.88 Å². The second kappa shape index (κ2) is 5.05. The molecule has 16 heavy (non-hydrogen) atoms. The average molecular weight is 262 g/mol. The molecule has 7 heteroatoms. The Balaban J connectivity index is 2.16. The minimum absolute atomic E-state index is 0.252. The Labute approximate surface area is 99.2 Å². The summed E-state index contributed by atoms with van der Waals surface area (Å²) >= 11 is -0.472. The van der Waals surface area contributed by atoms with Crippen LogP contribution in [0.15, 0.2) is 17.5 Å². The van der Waals surface area contributed by atoms with E-state index in [2.05, 4.69) is 0 Å². The van der Waals surface area contributed by atoms with E-state index in [1.54, 1.807) is 13.0 Å². The van der Waals surface area contributed by atoms with Crippen molar-refractivity contribution in [3.63, 3.8) is 0 Å². The van der Waals surface area contributed by atoms with Gasteiger partial charge < -0.3 is 4.74 Å². The van der Waals surface area contributed by atoms with Gasteiger partial charge in [-0.2, -0.15) is 4.21 Å². The van der Waals surface area contributed by atoms with Crippen molar-refractivity contribution in [2.45, 2.75) is 19.1 Å². The molecule has 3 atom stereocenters. The number of rotatable bonds is 3. The van der Waals surface area contributed by atoms with Crippen molar-refractivity contribution in [1.82, 2.24) is 0 Å². The molecule has 0 aromatic carbocycles. The Morgan fingerprint density at radius 1 is 1.62 bits per heavy atom. The van der Waals surface area contributed by atoms with Gasteiger partial charge in [0.25, 0.3) is 0 Å². The molecule has 1 aromatic heterocycles. The molecule has 1 fully saturated rings. The highest BCUT2D eigenvalue weighted by atomic mass is 32.2. The van der Waals surface area contributed by atoms with Crippen LogP contribution in [0.1, 0.15) is 17.9 Å². The van der Waals surface area contributed by atoms with Crippen LogP contribution in [-0.2, 0) is 29.3 Å². The van der Waals surface area contributed by atoms with Gasteiger partial charge in [0.1, 0.15) is 6.10 Å². The zero-order chi connectivity index (χ0) is 11.5. The lowest BCUT2D eigenvalue weighted by Crippen LogP contribution is -2.27. The van der Waals surface area contributed by atoms with E-state index >= 15 is 0 Å². The van der Waals surface area contributed by atoms with Gasteiger partial charge in [0.2, 0.25) is 6.10 Å². The maximum atomic E-state index is 11.5. The normalized spacial score (nSPS) is 29.2. The van der Waals surface area contributed by atoms with E-state index in [0.717, 1.165) is 4.88 Å². The van der Waals surface area contributed by atoms with Crippen molar-refractivity contribution in [2.75, 3.05) is 6.61 Å². The Bertz CT molecular complexity index is 389. The first-order valence-corrected chi connectivity index (χ1v) is 6.56. The van der Waals surface area contributed by atoms with E-state index in [1.807, 2.05) is 11.4 Å². The van der Waals surface area contributed by atoms with Crippen LogP contribution in [0.2, 0.25) is 0 Å². The van der Waals surface area contributed by atoms with E-state index in [4.69, 9.17) is 13.1 Å². The van der Waals surface area contributed by atoms with Gasteiger partial charge in [-0.15, -0.1) is 11.3 Å². The number of ether oxygens (including phenoxy) is 1. The van der Waals surface area contributed by atoms with Crippen LogP contribution in [0, 0.1) is 0 Å². The van der Waals surface area contributed by atoms with E-state index in [-0.39, 0.29) is 6.61 Å². The summed E-state index contributed by atoms with van der Waals surface area (Å²) < 4.78 is 25.9. The molecule has 1 aliphatic heterocycles. The largest absolute Gasteiger partial charge is 0.464 e. The first-order chi connectivity index (χ1) is 7.72. The van der Waals surface area contributed by atoms with Crippen LogP contribution < -0.4 is 0 Å². The van der Waals surface area contributed by atoms with E-state index in [9.17, 15) is 9.00 Å². The predicted molar refractivity (Wildman–Crippen MR) is 57.8 cm³/mol. The third-order valence-electron chi connectivity index (χ3n) is 1.98. The molecule has 88 valence electrons. The number of hydrogen-bond donors (Lipinski definition) is 0. The third-order valence-corrected chi connectivity index (χ3v) is 3.64. The summed E-state index contributed by atoms with van der Waals surface area (Å²) in [4.78, 5) is 12.3. The van der Waals surface area contributed by atoms with Crippen LogP contribution in [0.4, 0.5) is 0 Å². The number of esters is 1. The molecule has 0 N–H and O–H groups in total. The molecule has 0 radical (unpaired) electrons. The fourth-order valence-corrected chi connectivity index (χ4v) is 2.94. The molecule has 0 amide bonds. The fourth-order valence-electron chi connectivity index (χ4n) is 1.33. The molecule has 0 bridgehead atoms. The summed E-state index contributed by atoms with van der Waals surface area (Å²) in [6, 6.07) is 3.63. The number of carbonyl (C=O) groups is 1. The zero-order valence-electron chi connectivity index (χ0n) is 8.45. The highest BCUT2D eigenvalue weighted by Gasteiger charge is 2.43. The minimum Gasteiger partial charge on any atom is -0.464 e. The van der Waals surface area contributed by atoms with Crippen LogP contribution in [0.5, 0.6) is 0 Å². The molecular formula is C9H10O5S2. The van der Waals surface area contributed by atoms with E-state index in [1.165, 1.54) is 11.3 Å². The highest BCUT2D eigenvalue weighted by Crippen LogP contribution is 2.34. The Morgan fingerprint density at radius 2 is 2.44 bits per heavy atom. The number of carbonyl (C=O) groups excluding carboxylic acids is 1. The SMILES string of the molecule is CCOC(=O)[C@H]1OS(=O)O[C@@H]1c1cccs1. The summed E-state index contributed by atoms with van der Waals surface area (Å²) in [6.07, 6.45) is -1.58. The molecule has 2 heterocycles. The molecule has 0 spiro atoms. The summed E-state index contributed by atoms with van der Waals surface area (Å²) in [6.45, 7) is 1.95. The van der Waals surface area contributed by atoms with Gasteiger partial charge in [-0.1, -0.05) is 6.07 Å². The van der Waals surface area contributed by atoms with Crippen molar-refractivity contribution >= 4 is 28.7 Å². The monoisotopic (exact) mass is 262 g/mol. The topological polar surface area (TPSA) is 61.8 Å². The smallest absolute Gasteiger partial charge is 0.340 e. The van der Waals surface area contributed by atoms with Crippen molar-refractivity contribution in [3.8, 4) is 0 Å². The molecule has 1 unspecified atom stereocenters. The molecule has 1 aliphatic rings. The maximum Gasteiger partial charge on any atom is 0.340 e. The zero-order valence-corrected chi connectivity index (χ0v) is 10.1. The maximum absolute atomic E-state index is 11.5. The van der Waals surface area contributed by atoms with Crippen LogP contribution in [0.25, 0.3) is 0 Å². The van der Waals surface area contributed by atoms with Gasteiger partial charge in [0.05, 0.1) is 6.61 Å². The van der Waals surface area contributed by atoms with Crippen molar-refractivity contribution in [3.05, 3.63) is 22.4 Å². The third kappa shape index (κ3) is 2.32. The van der Waals surface area contributed by atoms with Crippen molar-refractivity contribution in [1.29, 1.82) is 0 Å². The van der Waals surface area contributed by atoms with Crippen molar-refractivity contribution < 1.29 is 22.1 Å². The van der Waals surface area contributed by atoms with Gasteiger partial charge >= 0.3 is 17.3 Å². The molecule has 0 saturated carbocycles. The lowest BCUT2D eigenvalue weighted by atomic mass is 10.2. The average Bonchev–Trinajstić information content (AvgIpc) is 2.85. The van der Waals surface area contributed by atoms with Crippen LogP contribution >= 0.6 is 11.3 Å². The Morgan fingerprint density at radius 3 is 3.06 bits per heavy atom. The number of hydrogen-bond acceptors (Lipinski definition) is 6. The molecule has 5 nitrogen and oxygen atoms in total. The summed E-state index contributed by atoms with van der Waals surface area (Å²) in [5, 5.41) is 1.85. The van der Waals surface area contributed by atoms with Gasteiger partial charge in [-0.25, -0.2) is 8.98 Å². The lowest BCUT2D eigenvalue weighted by molar-refractivity contribution is -0.152. The first-order valence-electron chi connectivity index (χ1n) is 4.68. The summed E-state index contributed by atoms with van der Waals surface area (Å²) in [7, 11) is 0. The highest BCUT2D eigenvalue weighted by molar-refractivity contribution is 7.75. The van der Waals surface area contributed by atoms with Crippen molar-refractivity contribution in [2.24, 2.45) is 0 Å². The Hall–Kier alpha value is -0.760. The second-order valence-electron chi connectivity index (χ2n) is 3.01. The molecule has 0 aliphatic carbocycles. The van der Waals surface area contributed by atoms with Crippen LogP contribution in [-0.4, -0.2) is 22.9 Å². The minimum atomic E-state index is -1.89. The van der Waals surface area contributed by atoms with Crippen LogP contribution in [0.3, 0.4) is 0 Å². The predicted octanol–water partition coefficient (Wildman–Crippen LogP) is 1.35. The fraction of sp³-hybridized carbons (Fsp3) is 0.444. The second-order valence-corrected chi connectivity index (χ2v) is 4.78. The summed E-state index contributed by atoms with van der Waals surface area (Å²) in [5.41, 5.74) is 0. The molecule has 1 aromatic rings. The Kier molecular flexibility index (Phi) is 3.70. The molecular weight excluding hydrogens is 252 g/mol. The first kappa shape index (κ1) is 11.7. The van der Waals surface area contributed by atoms with Gasteiger partial charge in [-0.05, 0) is 18.4 Å². The molecule has 1 saturated heterocycles. The lowest BCUT2D eigenvalue weighted by Gasteiger charge is -2.11. The van der Waals surface area contributed by atoms with E-state index in [0.29, 0.717) is 0 Å². The molecule has 2 rings (SSSR count). The van der Waals surface area contributed by atoms with E-state index < -0.39 is 29.5 Å². The van der Waals surface area contributed by atoms with Gasteiger partial charge in [0.15, 0.2) is 0 Å². The number of thiophene rings is 1. The van der Waals surface area contributed by atoms with Gasteiger partial charge in [-0.3, -0.25) is 4.18 Å². The quantitative estimate of drug-likeness (QED) is 0.769.